The number of benzene rings is 1. The molecule has 30 heavy (non-hydrogen) atoms. The first-order valence-corrected chi connectivity index (χ1v) is 9.96. The second-order valence-electron chi connectivity index (χ2n) is 8.24. The van der Waals surface area contributed by atoms with Gasteiger partial charge in [0.25, 0.3) is 0 Å². The van der Waals surface area contributed by atoms with Gasteiger partial charge in [-0.05, 0) is 51.3 Å². The smallest absolute Gasteiger partial charge is 0.410 e. The molecule has 0 aromatic heterocycles. The third-order valence-electron chi connectivity index (χ3n) is 4.61. The lowest BCUT2D eigenvalue weighted by Crippen LogP contribution is -2.44. The molecule has 1 heterocycles. The first kappa shape index (κ1) is 23.9. The van der Waals surface area contributed by atoms with Crippen molar-refractivity contribution in [3.05, 3.63) is 35.4 Å². The Hall–Kier alpha value is -2.42. The molecule has 9 heteroatoms. The van der Waals surface area contributed by atoms with E-state index in [2.05, 4.69) is 10.1 Å². The zero-order chi connectivity index (χ0) is 22.3. The molecular formula is C21H30F2N2O5. The van der Waals surface area contributed by atoms with Crippen molar-refractivity contribution < 1.29 is 32.6 Å². The number of rotatable bonds is 6. The fraction of sp³-hybridized carbons (Fsp3) is 0.619. The quantitative estimate of drug-likeness (QED) is 0.693. The molecule has 0 bridgehead atoms. The maximum absolute atomic E-state index is 13.8. The number of alkyl carbamates (subject to hydrolysis) is 1. The Kier molecular flexibility index (Phi) is 8.40. The van der Waals surface area contributed by atoms with E-state index >= 15 is 0 Å². The van der Waals surface area contributed by atoms with Gasteiger partial charge in [0.2, 0.25) is 0 Å². The highest BCUT2D eigenvalue weighted by Crippen LogP contribution is 2.34. The van der Waals surface area contributed by atoms with Crippen molar-refractivity contribution in [3.8, 4) is 0 Å². The van der Waals surface area contributed by atoms with Crippen LogP contribution in [-0.2, 0) is 14.2 Å². The van der Waals surface area contributed by atoms with Crippen LogP contribution in [0.5, 0.6) is 0 Å². The van der Waals surface area contributed by atoms with E-state index in [0.717, 1.165) is 6.07 Å². The Bertz CT molecular complexity index is 718. The molecule has 0 saturated carbocycles. The van der Waals surface area contributed by atoms with E-state index in [4.69, 9.17) is 9.47 Å². The first-order valence-electron chi connectivity index (χ1n) is 9.96. The van der Waals surface area contributed by atoms with Gasteiger partial charge in [-0.1, -0.05) is 0 Å². The van der Waals surface area contributed by atoms with Crippen LogP contribution in [0.2, 0.25) is 0 Å². The average molecular weight is 428 g/mol. The molecule has 1 saturated heterocycles. The molecule has 1 aromatic rings. The van der Waals surface area contributed by atoms with Gasteiger partial charge >= 0.3 is 12.2 Å². The Labute approximate surface area is 175 Å². The van der Waals surface area contributed by atoms with E-state index in [1.165, 1.54) is 19.2 Å². The maximum Gasteiger partial charge on any atom is 0.410 e. The van der Waals surface area contributed by atoms with Crippen molar-refractivity contribution in [2.45, 2.75) is 45.3 Å². The van der Waals surface area contributed by atoms with E-state index in [1.54, 1.807) is 25.7 Å². The minimum absolute atomic E-state index is 0.112. The first-order chi connectivity index (χ1) is 14.1. The van der Waals surface area contributed by atoms with Gasteiger partial charge in [-0.2, -0.15) is 0 Å². The standard InChI is InChI=1S/C21H30F2N2O5/c1-21(2,3)30-20(27)25-8-5-6-14(13-25)18(29-9-7-24-19(26)28-4)15-10-16(22)12-17(23)11-15/h10-12,14,18H,5-9,13H2,1-4H3,(H,24,26). The van der Waals surface area contributed by atoms with E-state index < -0.39 is 35.5 Å². The number of piperidine rings is 1. The fourth-order valence-corrected chi connectivity index (χ4v) is 3.40. The lowest BCUT2D eigenvalue weighted by molar-refractivity contribution is -0.0248. The summed E-state index contributed by atoms with van der Waals surface area (Å²) in [6.07, 6.45) is -0.251. The zero-order valence-corrected chi connectivity index (χ0v) is 17.9. The summed E-state index contributed by atoms with van der Waals surface area (Å²) in [4.78, 5) is 25.3. The van der Waals surface area contributed by atoms with Crippen molar-refractivity contribution in [3.63, 3.8) is 0 Å². The molecule has 1 aliphatic rings. The van der Waals surface area contributed by atoms with E-state index in [1.807, 2.05) is 0 Å². The van der Waals surface area contributed by atoms with Crippen molar-refractivity contribution in [2.24, 2.45) is 5.92 Å². The van der Waals surface area contributed by atoms with Crippen molar-refractivity contribution in [2.75, 3.05) is 33.4 Å². The number of nitrogens with zero attached hydrogens (tertiary/aromatic N) is 1. The van der Waals surface area contributed by atoms with Gasteiger partial charge in [0.1, 0.15) is 17.2 Å². The van der Waals surface area contributed by atoms with E-state index in [0.29, 0.717) is 31.5 Å². The SMILES string of the molecule is COC(=O)NCCOC(c1cc(F)cc(F)c1)C1CCCN(C(=O)OC(C)(C)C)C1. The molecule has 7 nitrogen and oxygen atoms in total. The summed E-state index contributed by atoms with van der Waals surface area (Å²) in [5.74, 6) is -1.59. The molecule has 1 N–H and O–H groups in total. The molecular weight excluding hydrogens is 398 g/mol. The minimum atomic E-state index is -0.703. The van der Waals surface area contributed by atoms with Crippen LogP contribution in [0.3, 0.4) is 0 Å². The van der Waals surface area contributed by atoms with Crippen LogP contribution < -0.4 is 5.32 Å². The van der Waals surface area contributed by atoms with E-state index in [9.17, 15) is 18.4 Å². The lowest BCUT2D eigenvalue weighted by atomic mass is 9.88. The van der Waals surface area contributed by atoms with Gasteiger partial charge in [-0.3, -0.25) is 0 Å². The molecule has 2 amide bonds. The van der Waals surface area contributed by atoms with Crippen LogP contribution in [0.4, 0.5) is 18.4 Å². The number of ether oxygens (including phenoxy) is 3. The molecule has 168 valence electrons. The molecule has 0 spiro atoms. The fourth-order valence-electron chi connectivity index (χ4n) is 3.40. The summed E-state index contributed by atoms with van der Waals surface area (Å²) in [5, 5.41) is 2.50. The number of hydrogen-bond acceptors (Lipinski definition) is 5. The highest BCUT2D eigenvalue weighted by molar-refractivity contribution is 5.68. The van der Waals surface area contributed by atoms with Gasteiger partial charge in [0, 0.05) is 31.6 Å². The summed E-state index contributed by atoms with van der Waals surface area (Å²) >= 11 is 0. The normalized spacial score (nSPS) is 17.9. The Morgan fingerprint density at radius 1 is 1.23 bits per heavy atom. The van der Waals surface area contributed by atoms with Crippen LogP contribution in [-0.4, -0.2) is 56.0 Å². The topological polar surface area (TPSA) is 77.1 Å². The summed E-state index contributed by atoms with van der Waals surface area (Å²) < 4.78 is 43.5. The predicted octanol–water partition coefficient (Wildman–Crippen LogP) is 4.03. The minimum Gasteiger partial charge on any atom is -0.453 e. The summed E-state index contributed by atoms with van der Waals surface area (Å²) in [6.45, 7) is 6.54. The summed E-state index contributed by atoms with van der Waals surface area (Å²) in [7, 11) is 1.25. The monoisotopic (exact) mass is 428 g/mol. The van der Waals surface area contributed by atoms with Crippen molar-refractivity contribution in [1.82, 2.24) is 10.2 Å². The van der Waals surface area contributed by atoms with Crippen molar-refractivity contribution in [1.29, 1.82) is 0 Å². The average Bonchev–Trinajstić information content (AvgIpc) is 2.65. The van der Waals surface area contributed by atoms with Gasteiger partial charge in [0.15, 0.2) is 0 Å². The highest BCUT2D eigenvalue weighted by Gasteiger charge is 2.33. The molecule has 2 rings (SSSR count). The van der Waals surface area contributed by atoms with Gasteiger partial charge in [-0.15, -0.1) is 0 Å². The molecule has 0 radical (unpaired) electrons. The number of carbonyl (C=O) groups is 2. The zero-order valence-electron chi connectivity index (χ0n) is 17.9. The van der Waals surface area contributed by atoms with Crippen LogP contribution in [0.25, 0.3) is 0 Å². The second-order valence-corrected chi connectivity index (χ2v) is 8.24. The van der Waals surface area contributed by atoms with Crippen LogP contribution in [0.15, 0.2) is 18.2 Å². The molecule has 2 unspecified atom stereocenters. The summed E-state index contributed by atoms with van der Waals surface area (Å²) in [6, 6.07) is 3.26. The third kappa shape index (κ3) is 7.44. The lowest BCUT2D eigenvalue weighted by Gasteiger charge is -2.37. The Balaban J connectivity index is 2.14. The number of likely N-dealkylation sites (tertiary alicyclic amines) is 1. The van der Waals surface area contributed by atoms with Crippen LogP contribution >= 0.6 is 0 Å². The number of halogens is 2. The molecule has 0 aliphatic carbocycles. The number of methoxy groups -OCH3 is 1. The van der Waals surface area contributed by atoms with Crippen LogP contribution in [0, 0.1) is 17.6 Å². The third-order valence-corrected chi connectivity index (χ3v) is 4.61. The van der Waals surface area contributed by atoms with Gasteiger partial charge in [0.05, 0.1) is 19.8 Å². The summed E-state index contributed by atoms with van der Waals surface area (Å²) in [5.41, 5.74) is -0.271. The van der Waals surface area contributed by atoms with E-state index in [-0.39, 0.29) is 19.1 Å². The second kappa shape index (κ2) is 10.6. The Morgan fingerprint density at radius 3 is 2.50 bits per heavy atom. The molecule has 1 aliphatic heterocycles. The Morgan fingerprint density at radius 2 is 1.90 bits per heavy atom. The number of amides is 2. The molecule has 1 aromatic carbocycles. The van der Waals surface area contributed by atoms with Gasteiger partial charge in [-0.25, -0.2) is 18.4 Å². The van der Waals surface area contributed by atoms with Gasteiger partial charge < -0.3 is 24.4 Å². The number of nitrogens with one attached hydrogen (secondary N) is 1. The number of hydrogen-bond donors (Lipinski definition) is 1. The highest BCUT2D eigenvalue weighted by atomic mass is 19.1. The molecule has 2 atom stereocenters. The number of carbonyl (C=O) groups excluding carboxylic acids is 2. The van der Waals surface area contributed by atoms with Crippen LogP contribution in [0.1, 0.15) is 45.3 Å². The maximum atomic E-state index is 13.8. The largest absolute Gasteiger partial charge is 0.453 e. The molecule has 1 fully saturated rings. The van der Waals surface area contributed by atoms with Crippen molar-refractivity contribution >= 4 is 12.2 Å². The predicted molar refractivity (Wildman–Crippen MR) is 106 cm³/mol.